The van der Waals surface area contributed by atoms with Gasteiger partial charge in [-0.1, -0.05) is 12.1 Å². The molecule has 0 amide bonds. The molecular formula is C35H42N8O6S. The summed E-state index contributed by atoms with van der Waals surface area (Å²) >= 11 is 0. The Hall–Kier alpha value is -4.44. The molecular weight excluding hydrogens is 661 g/mol. The van der Waals surface area contributed by atoms with Crippen molar-refractivity contribution in [3.05, 3.63) is 93.2 Å². The van der Waals surface area contributed by atoms with E-state index in [-0.39, 0.29) is 28.4 Å². The lowest BCUT2D eigenvalue weighted by Crippen LogP contribution is -2.52. The van der Waals surface area contributed by atoms with Gasteiger partial charge < -0.3 is 10.1 Å². The zero-order valence-electron chi connectivity index (χ0n) is 28.1. The molecule has 0 unspecified atom stereocenters. The van der Waals surface area contributed by atoms with Gasteiger partial charge >= 0.3 is 5.69 Å². The molecule has 50 heavy (non-hydrogen) atoms. The van der Waals surface area contributed by atoms with E-state index in [1.54, 1.807) is 10.8 Å². The van der Waals surface area contributed by atoms with Gasteiger partial charge in [0.1, 0.15) is 0 Å². The van der Waals surface area contributed by atoms with Gasteiger partial charge in [0.25, 0.3) is 5.69 Å². The van der Waals surface area contributed by atoms with Crippen molar-refractivity contribution in [2.45, 2.75) is 68.5 Å². The average molecular weight is 703 g/mol. The minimum atomic E-state index is -3.72. The minimum Gasteiger partial charge on any atom is -0.381 e. The number of rotatable bonds is 9. The van der Waals surface area contributed by atoms with E-state index in [4.69, 9.17) is 9.72 Å². The number of hydrogen-bond acceptors (Lipinski definition) is 10. The van der Waals surface area contributed by atoms with Crippen molar-refractivity contribution in [1.82, 2.24) is 28.3 Å². The van der Waals surface area contributed by atoms with Gasteiger partial charge in [0.15, 0.2) is 0 Å². The smallest absolute Gasteiger partial charge is 0.333 e. The van der Waals surface area contributed by atoms with Crippen molar-refractivity contribution in [2.24, 2.45) is 0 Å². The fourth-order valence-corrected chi connectivity index (χ4v) is 8.84. The number of nitro benzene ring substituents is 1. The van der Waals surface area contributed by atoms with E-state index in [1.807, 2.05) is 48.0 Å². The third-order valence-corrected chi connectivity index (χ3v) is 12.1. The van der Waals surface area contributed by atoms with Gasteiger partial charge in [-0.3, -0.25) is 24.1 Å². The summed E-state index contributed by atoms with van der Waals surface area (Å²) in [6.45, 7) is 5.30. The van der Waals surface area contributed by atoms with Crippen LogP contribution in [0.15, 0.2) is 76.7 Å². The molecule has 2 aromatic carbocycles. The SMILES string of the molecule is Cc1cccc(-n2c(-c3ccnc(NC4CCC(N5CCN(S(=O)(=O)c6ccc([N+](=O)[O-])cc6)CC5)CC4)n3)cn(C3CCOCC3)c2=O)c1. The number of nitrogens with one attached hydrogen (secondary N) is 1. The molecule has 264 valence electrons. The summed E-state index contributed by atoms with van der Waals surface area (Å²) in [6, 6.07) is 15.5. The number of piperazine rings is 1. The van der Waals surface area contributed by atoms with Crippen molar-refractivity contribution in [1.29, 1.82) is 0 Å². The Balaban J connectivity index is 0.990. The van der Waals surface area contributed by atoms with E-state index in [9.17, 15) is 23.3 Å². The van der Waals surface area contributed by atoms with Crippen molar-refractivity contribution in [2.75, 3.05) is 44.7 Å². The van der Waals surface area contributed by atoms with Crippen LogP contribution in [0.1, 0.15) is 50.1 Å². The molecule has 0 spiro atoms. The number of hydrogen-bond donors (Lipinski definition) is 1. The molecule has 1 aliphatic carbocycles. The van der Waals surface area contributed by atoms with Crippen LogP contribution in [0.25, 0.3) is 17.1 Å². The van der Waals surface area contributed by atoms with Crippen LogP contribution in [0.3, 0.4) is 0 Å². The lowest BCUT2D eigenvalue weighted by molar-refractivity contribution is -0.384. The highest BCUT2D eigenvalue weighted by Crippen LogP contribution is 2.29. The number of aromatic nitrogens is 4. The van der Waals surface area contributed by atoms with Gasteiger partial charge in [-0.15, -0.1) is 0 Å². The van der Waals surface area contributed by atoms with E-state index in [0.29, 0.717) is 57.1 Å². The molecule has 0 atom stereocenters. The molecule has 7 rings (SSSR count). The second-order valence-electron chi connectivity index (χ2n) is 13.3. The van der Waals surface area contributed by atoms with Crippen LogP contribution in [0.4, 0.5) is 11.6 Å². The van der Waals surface area contributed by atoms with E-state index >= 15 is 0 Å². The highest BCUT2D eigenvalue weighted by atomic mass is 32.2. The molecule has 1 saturated carbocycles. The largest absolute Gasteiger partial charge is 0.381 e. The molecule has 0 radical (unpaired) electrons. The Bertz CT molecular complexity index is 1990. The van der Waals surface area contributed by atoms with Crippen molar-refractivity contribution < 1.29 is 18.1 Å². The monoisotopic (exact) mass is 702 g/mol. The number of sulfonamides is 1. The third kappa shape index (κ3) is 7.08. The Morgan fingerprint density at radius 2 is 1.64 bits per heavy atom. The van der Waals surface area contributed by atoms with E-state index in [0.717, 1.165) is 55.5 Å². The third-order valence-electron chi connectivity index (χ3n) is 10.2. The van der Waals surface area contributed by atoms with Crippen LogP contribution in [0, 0.1) is 17.0 Å². The zero-order chi connectivity index (χ0) is 34.8. The van der Waals surface area contributed by atoms with Crippen LogP contribution >= 0.6 is 0 Å². The maximum absolute atomic E-state index is 13.9. The highest BCUT2D eigenvalue weighted by molar-refractivity contribution is 7.89. The van der Waals surface area contributed by atoms with Gasteiger partial charge in [0.05, 0.1) is 26.9 Å². The molecule has 1 N–H and O–H groups in total. The standard InChI is InChI=1S/C35H42N8O6S/c1-25-3-2-4-30(23-25)42-33(24-41(35(42)44)28-14-21-49-22-15-28)32-13-16-36-34(38-32)37-26-5-7-27(8-6-26)39-17-19-40(20-18-39)50(47,48)31-11-9-29(10-12-31)43(45)46/h2-4,9-13,16,23-24,26-28H,5-8,14-15,17-22H2,1H3,(H,36,37,38). The van der Waals surface area contributed by atoms with Crippen molar-refractivity contribution in [3.63, 3.8) is 0 Å². The van der Waals surface area contributed by atoms with Gasteiger partial charge in [-0.25, -0.2) is 23.2 Å². The topological polar surface area (TPSA) is 158 Å². The molecule has 3 aliphatic rings. The Labute approximate surface area is 290 Å². The lowest BCUT2D eigenvalue weighted by atomic mass is 9.90. The number of nitrogens with zero attached hydrogens (tertiary/aromatic N) is 7. The summed E-state index contributed by atoms with van der Waals surface area (Å²) in [4.78, 5) is 36.2. The average Bonchev–Trinajstić information content (AvgIpc) is 3.49. The first kappa shape index (κ1) is 34.0. The molecule has 2 aromatic heterocycles. The molecule has 2 saturated heterocycles. The summed E-state index contributed by atoms with van der Waals surface area (Å²) in [5.41, 5.74) is 3.02. The first-order chi connectivity index (χ1) is 24.2. The fraction of sp³-hybridized carbons (Fsp3) is 0.457. The summed E-state index contributed by atoms with van der Waals surface area (Å²) in [7, 11) is -3.72. The van der Waals surface area contributed by atoms with Crippen LogP contribution in [0.2, 0.25) is 0 Å². The summed E-state index contributed by atoms with van der Waals surface area (Å²) in [5.74, 6) is 0.526. The van der Waals surface area contributed by atoms with Crippen LogP contribution < -0.4 is 11.0 Å². The van der Waals surface area contributed by atoms with Crippen LogP contribution in [0.5, 0.6) is 0 Å². The van der Waals surface area contributed by atoms with Gasteiger partial charge in [-0.05, 0) is 81.3 Å². The number of aryl methyl sites for hydroxylation is 1. The number of non-ortho nitro benzene ring substituents is 1. The first-order valence-electron chi connectivity index (χ1n) is 17.2. The maximum atomic E-state index is 13.9. The number of anilines is 1. The lowest BCUT2D eigenvalue weighted by Gasteiger charge is -2.41. The molecule has 3 fully saturated rings. The van der Waals surface area contributed by atoms with Crippen LogP contribution in [-0.2, 0) is 14.8 Å². The normalized spacial score (nSPS) is 21.2. The summed E-state index contributed by atoms with van der Waals surface area (Å²) in [5, 5.41) is 14.5. The van der Waals surface area contributed by atoms with Crippen molar-refractivity contribution >= 4 is 21.7 Å². The quantitative estimate of drug-likeness (QED) is 0.196. The number of benzene rings is 2. The molecule has 4 aromatic rings. The molecule has 15 heteroatoms. The predicted octanol–water partition coefficient (Wildman–Crippen LogP) is 4.39. The number of ether oxygens (including phenoxy) is 1. The van der Waals surface area contributed by atoms with Gasteiger partial charge in [0.2, 0.25) is 16.0 Å². The first-order valence-corrected chi connectivity index (χ1v) is 18.7. The Kier molecular flexibility index (Phi) is 9.82. The molecule has 4 heterocycles. The molecule has 0 bridgehead atoms. The van der Waals surface area contributed by atoms with Crippen LogP contribution in [-0.4, -0.2) is 93.1 Å². The van der Waals surface area contributed by atoms with E-state index in [2.05, 4.69) is 15.2 Å². The summed E-state index contributed by atoms with van der Waals surface area (Å²) < 4.78 is 37.0. The Morgan fingerprint density at radius 1 is 0.920 bits per heavy atom. The van der Waals surface area contributed by atoms with Gasteiger partial charge in [-0.2, -0.15) is 4.31 Å². The fourth-order valence-electron chi connectivity index (χ4n) is 7.42. The highest BCUT2D eigenvalue weighted by Gasteiger charge is 2.33. The molecule has 2 aliphatic heterocycles. The van der Waals surface area contributed by atoms with Crippen molar-refractivity contribution in [3.8, 4) is 17.1 Å². The van der Waals surface area contributed by atoms with Gasteiger partial charge in [0, 0.05) is 82.0 Å². The second kappa shape index (κ2) is 14.4. The molecule has 14 nitrogen and oxygen atoms in total. The second-order valence-corrected chi connectivity index (χ2v) is 15.3. The van der Waals surface area contributed by atoms with E-state index < -0.39 is 14.9 Å². The number of nitro groups is 1. The maximum Gasteiger partial charge on any atom is 0.333 e. The summed E-state index contributed by atoms with van der Waals surface area (Å²) in [6.07, 6.45) is 9.01. The minimum absolute atomic E-state index is 0.0677. The number of imidazole rings is 1. The zero-order valence-corrected chi connectivity index (χ0v) is 28.9. The predicted molar refractivity (Wildman–Crippen MR) is 188 cm³/mol. The Morgan fingerprint density at radius 3 is 2.32 bits per heavy atom. The van der Waals surface area contributed by atoms with E-state index in [1.165, 1.54) is 28.6 Å².